The Morgan fingerprint density at radius 1 is 1.35 bits per heavy atom. The molecule has 0 fully saturated rings. The molecular formula is C13H14N2O2. The van der Waals surface area contributed by atoms with Crippen LogP contribution in [0.1, 0.15) is 28.8 Å². The van der Waals surface area contributed by atoms with Crippen molar-refractivity contribution in [3.63, 3.8) is 0 Å². The lowest BCUT2D eigenvalue weighted by Gasteiger charge is -2.02. The van der Waals surface area contributed by atoms with Gasteiger partial charge in [0.1, 0.15) is 18.1 Å². The van der Waals surface area contributed by atoms with Crippen molar-refractivity contribution in [2.24, 2.45) is 0 Å². The highest BCUT2D eigenvalue weighted by molar-refractivity contribution is 5.86. The molecule has 2 aromatic rings. The SMILES string of the molecule is CCc1ncc(C(=O)OCc2ccccc2)[nH]1. The van der Waals surface area contributed by atoms with Crippen LogP contribution < -0.4 is 0 Å². The Balaban J connectivity index is 1.93. The molecule has 0 atom stereocenters. The summed E-state index contributed by atoms with van der Waals surface area (Å²) >= 11 is 0. The molecule has 0 unspecified atom stereocenters. The normalized spacial score (nSPS) is 10.2. The van der Waals surface area contributed by atoms with Crippen LogP contribution in [0.25, 0.3) is 0 Å². The van der Waals surface area contributed by atoms with E-state index in [-0.39, 0.29) is 12.6 Å². The highest BCUT2D eigenvalue weighted by Gasteiger charge is 2.10. The molecule has 0 saturated heterocycles. The van der Waals surface area contributed by atoms with Gasteiger partial charge in [-0.1, -0.05) is 37.3 Å². The zero-order valence-electron chi connectivity index (χ0n) is 9.64. The summed E-state index contributed by atoms with van der Waals surface area (Å²) in [7, 11) is 0. The Bertz CT molecular complexity index is 491. The predicted octanol–water partition coefficient (Wildman–Crippen LogP) is 2.33. The van der Waals surface area contributed by atoms with E-state index in [4.69, 9.17) is 4.74 Å². The molecule has 2 rings (SSSR count). The summed E-state index contributed by atoms with van der Waals surface area (Å²) in [6.45, 7) is 2.25. The van der Waals surface area contributed by atoms with E-state index < -0.39 is 0 Å². The average molecular weight is 230 g/mol. The Labute approximate surface area is 99.7 Å². The van der Waals surface area contributed by atoms with Crippen LogP contribution in [-0.4, -0.2) is 15.9 Å². The van der Waals surface area contributed by atoms with E-state index in [0.29, 0.717) is 5.69 Å². The van der Waals surface area contributed by atoms with E-state index in [0.717, 1.165) is 17.8 Å². The van der Waals surface area contributed by atoms with Gasteiger partial charge in [-0.25, -0.2) is 9.78 Å². The smallest absolute Gasteiger partial charge is 0.356 e. The first-order chi connectivity index (χ1) is 8.29. The van der Waals surface area contributed by atoms with Gasteiger partial charge in [-0.05, 0) is 5.56 Å². The van der Waals surface area contributed by atoms with Gasteiger partial charge in [-0.3, -0.25) is 0 Å². The minimum Gasteiger partial charge on any atom is -0.456 e. The number of benzene rings is 1. The number of carbonyl (C=O) groups excluding carboxylic acids is 1. The molecule has 0 radical (unpaired) electrons. The fourth-order valence-corrected chi connectivity index (χ4v) is 1.45. The number of hydrogen-bond donors (Lipinski definition) is 1. The lowest BCUT2D eigenvalue weighted by atomic mass is 10.2. The third kappa shape index (κ3) is 2.93. The van der Waals surface area contributed by atoms with Gasteiger partial charge in [0.15, 0.2) is 0 Å². The summed E-state index contributed by atoms with van der Waals surface area (Å²) < 4.78 is 5.16. The summed E-state index contributed by atoms with van der Waals surface area (Å²) in [6, 6.07) is 9.58. The number of hydrogen-bond acceptors (Lipinski definition) is 3. The van der Waals surface area contributed by atoms with Crippen molar-refractivity contribution in [2.75, 3.05) is 0 Å². The lowest BCUT2D eigenvalue weighted by Crippen LogP contribution is -2.05. The average Bonchev–Trinajstić information content (AvgIpc) is 2.86. The third-order valence-corrected chi connectivity index (χ3v) is 2.40. The summed E-state index contributed by atoms with van der Waals surface area (Å²) in [5.74, 6) is 0.415. The molecule has 0 bridgehead atoms. The van der Waals surface area contributed by atoms with Gasteiger partial charge in [0.05, 0.1) is 6.20 Å². The number of aromatic amines is 1. The van der Waals surface area contributed by atoms with Crippen LogP contribution in [0, 0.1) is 0 Å². The van der Waals surface area contributed by atoms with E-state index in [9.17, 15) is 4.79 Å². The van der Waals surface area contributed by atoms with Crippen molar-refractivity contribution in [2.45, 2.75) is 20.0 Å². The van der Waals surface area contributed by atoms with Gasteiger partial charge in [0, 0.05) is 6.42 Å². The Kier molecular flexibility index (Phi) is 3.55. The number of nitrogens with one attached hydrogen (secondary N) is 1. The molecule has 0 saturated carbocycles. The summed E-state index contributed by atoms with van der Waals surface area (Å²) in [4.78, 5) is 18.6. The van der Waals surface area contributed by atoms with Gasteiger partial charge in [0.25, 0.3) is 0 Å². The molecule has 0 spiro atoms. The molecule has 17 heavy (non-hydrogen) atoms. The number of aromatic nitrogens is 2. The van der Waals surface area contributed by atoms with Crippen molar-refractivity contribution in [1.82, 2.24) is 9.97 Å². The first kappa shape index (κ1) is 11.4. The Hall–Kier alpha value is -2.10. The van der Waals surface area contributed by atoms with Crippen LogP contribution >= 0.6 is 0 Å². The molecule has 1 aromatic heterocycles. The van der Waals surface area contributed by atoms with Crippen molar-refractivity contribution in [1.29, 1.82) is 0 Å². The molecule has 0 aliphatic heterocycles. The number of esters is 1. The van der Waals surface area contributed by atoms with Crippen LogP contribution in [0.2, 0.25) is 0 Å². The number of rotatable bonds is 4. The number of H-pyrrole nitrogens is 1. The van der Waals surface area contributed by atoms with Crippen molar-refractivity contribution in [3.05, 3.63) is 53.6 Å². The highest BCUT2D eigenvalue weighted by Crippen LogP contribution is 2.05. The van der Waals surface area contributed by atoms with E-state index in [1.807, 2.05) is 37.3 Å². The van der Waals surface area contributed by atoms with E-state index in [1.54, 1.807) is 0 Å². The van der Waals surface area contributed by atoms with Gasteiger partial charge in [-0.2, -0.15) is 0 Å². The lowest BCUT2D eigenvalue weighted by molar-refractivity contribution is 0.0466. The van der Waals surface area contributed by atoms with Crippen LogP contribution in [0.5, 0.6) is 0 Å². The molecule has 1 aromatic carbocycles. The van der Waals surface area contributed by atoms with Crippen LogP contribution in [0.4, 0.5) is 0 Å². The van der Waals surface area contributed by atoms with Crippen molar-refractivity contribution in [3.8, 4) is 0 Å². The summed E-state index contributed by atoms with van der Waals surface area (Å²) in [5, 5.41) is 0. The van der Waals surface area contributed by atoms with Gasteiger partial charge in [-0.15, -0.1) is 0 Å². The molecule has 0 aliphatic carbocycles. The Morgan fingerprint density at radius 2 is 2.12 bits per heavy atom. The number of ether oxygens (including phenoxy) is 1. The third-order valence-electron chi connectivity index (χ3n) is 2.40. The number of imidazole rings is 1. The zero-order valence-corrected chi connectivity index (χ0v) is 9.64. The summed E-state index contributed by atoms with van der Waals surface area (Å²) in [5.41, 5.74) is 1.37. The summed E-state index contributed by atoms with van der Waals surface area (Å²) in [6.07, 6.45) is 2.28. The molecule has 1 N–H and O–H groups in total. The van der Waals surface area contributed by atoms with Crippen molar-refractivity contribution < 1.29 is 9.53 Å². The fourth-order valence-electron chi connectivity index (χ4n) is 1.45. The monoisotopic (exact) mass is 230 g/mol. The van der Waals surface area contributed by atoms with Crippen LogP contribution in [-0.2, 0) is 17.8 Å². The minimum absolute atomic E-state index is 0.278. The molecule has 1 heterocycles. The maximum Gasteiger partial charge on any atom is 0.356 e. The zero-order chi connectivity index (χ0) is 12.1. The van der Waals surface area contributed by atoms with E-state index >= 15 is 0 Å². The van der Waals surface area contributed by atoms with Gasteiger partial charge in [0.2, 0.25) is 0 Å². The fraction of sp³-hybridized carbons (Fsp3) is 0.231. The first-order valence-corrected chi connectivity index (χ1v) is 5.54. The van der Waals surface area contributed by atoms with Crippen molar-refractivity contribution >= 4 is 5.97 Å². The molecule has 4 heteroatoms. The van der Waals surface area contributed by atoms with Crippen LogP contribution in [0.3, 0.4) is 0 Å². The van der Waals surface area contributed by atoms with E-state index in [1.165, 1.54) is 6.20 Å². The molecular weight excluding hydrogens is 216 g/mol. The minimum atomic E-state index is -0.374. The van der Waals surface area contributed by atoms with Gasteiger partial charge >= 0.3 is 5.97 Å². The molecule has 88 valence electrons. The largest absolute Gasteiger partial charge is 0.456 e. The standard InChI is InChI=1S/C13H14N2O2/c1-2-12-14-8-11(15-12)13(16)17-9-10-6-4-3-5-7-10/h3-8H,2,9H2,1H3,(H,14,15). The topological polar surface area (TPSA) is 55.0 Å². The predicted molar refractivity (Wildman–Crippen MR) is 63.5 cm³/mol. The molecule has 0 amide bonds. The second-order valence-electron chi connectivity index (χ2n) is 3.66. The second-order valence-corrected chi connectivity index (χ2v) is 3.66. The quantitative estimate of drug-likeness (QED) is 0.820. The number of carbonyl (C=O) groups is 1. The Morgan fingerprint density at radius 3 is 2.76 bits per heavy atom. The maximum atomic E-state index is 11.7. The molecule has 4 nitrogen and oxygen atoms in total. The maximum absolute atomic E-state index is 11.7. The molecule has 0 aliphatic rings. The van der Waals surface area contributed by atoms with Gasteiger partial charge < -0.3 is 9.72 Å². The number of nitrogens with zero attached hydrogens (tertiary/aromatic N) is 1. The highest BCUT2D eigenvalue weighted by atomic mass is 16.5. The first-order valence-electron chi connectivity index (χ1n) is 5.54. The number of aryl methyl sites for hydroxylation is 1. The van der Waals surface area contributed by atoms with E-state index in [2.05, 4.69) is 9.97 Å². The van der Waals surface area contributed by atoms with Crippen LogP contribution in [0.15, 0.2) is 36.5 Å². The second kappa shape index (κ2) is 5.30.